The Hall–Kier alpha value is -1.09. The molecule has 0 aliphatic carbocycles. The molecule has 0 atom stereocenters. The van der Waals surface area contributed by atoms with Crippen molar-refractivity contribution in [3.05, 3.63) is 4.88 Å². The molecule has 1 amide bonds. The number of nitrogens with two attached hydrogens (primary N) is 1. The Balaban J connectivity index is 3.21. The Morgan fingerprint density at radius 2 is 1.90 bits per heavy atom. The van der Waals surface area contributed by atoms with E-state index < -0.39 is 12.7 Å². The first-order valence-corrected chi connectivity index (χ1v) is 7.58. The summed E-state index contributed by atoms with van der Waals surface area (Å²) in [6, 6.07) is 0. The van der Waals surface area contributed by atoms with Gasteiger partial charge in [-0.15, -0.1) is 23.1 Å². The van der Waals surface area contributed by atoms with Crippen molar-refractivity contribution in [2.75, 3.05) is 44.6 Å². The van der Waals surface area contributed by atoms with Crippen LogP contribution in [0, 0.1) is 0 Å². The molecule has 4 nitrogen and oxygen atoms in total. The normalized spacial score (nSPS) is 11.6. The van der Waals surface area contributed by atoms with Crippen molar-refractivity contribution in [3.8, 4) is 0 Å². The number of rotatable bonds is 4. The average Bonchev–Trinajstić information content (AvgIpc) is 2.62. The molecule has 1 aromatic rings. The highest BCUT2D eigenvalue weighted by atomic mass is 32.2. The van der Waals surface area contributed by atoms with Gasteiger partial charge in [0, 0.05) is 21.1 Å². The predicted molar refractivity (Wildman–Crippen MR) is 77.9 cm³/mol. The summed E-state index contributed by atoms with van der Waals surface area (Å²) in [6.07, 6.45) is -2.60. The summed E-state index contributed by atoms with van der Waals surface area (Å²) in [5.74, 6) is -0.311. The Morgan fingerprint density at radius 1 is 1.35 bits per heavy atom. The minimum atomic E-state index is -4.31. The molecule has 0 radical (unpaired) electrons. The quantitative estimate of drug-likeness (QED) is 0.864. The topological polar surface area (TPSA) is 49.6 Å². The van der Waals surface area contributed by atoms with Crippen molar-refractivity contribution < 1.29 is 18.0 Å². The summed E-state index contributed by atoms with van der Waals surface area (Å²) >= 11 is 2.22. The van der Waals surface area contributed by atoms with E-state index in [1.807, 2.05) is 0 Å². The highest BCUT2D eigenvalue weighted by molar-refractivity contribution is 7.99. The van der Waals surface area contributed by atoms with Gasteiger partial charge >= 0.3 is 6.18 Å². The van der Waals surface area contributed by atoms with Crippen LogP contribution in [0.2, 0.25) is 0 Å². The molecule has 114 valence electrons. The number of carbonyl (C=O) groups is 1. The van der Waals surface area contributed by atoms with Gasteiger partial charge in [-0.2, -0.15) is 13.2 Å². The fraction of sp³-hybridized carbons (Fsp3) is 0.545. The Labute approximate surface area is 123 Å². The molecule has 0 bridgehead atoms. The van der Waals surface area contributed by atoms with Crippen LogP contribution in [0.25, 0.3) is 0 Å². The monoisotopic (exact) mass is 327 g/mol. The van der Waals surface area contributed by atoms with Gasteiger partial charge in [-0.25, -0.2) is 0 Å². The van der Waals surface area contributed by atoms with Crippen molar-refractivity contribution in [2.24, 2.45) is 0 Å². The second kappa shape index (κ2) is 6.13. The van der Waals surface area contributed by atoms with Crippen LogP contribution in [0.5, 0.6) is 0 Å². The van der Waals surface area contributed by atoms with Crippen LogP contribution in [-0.4, -0.2) is 50.9 Å². The van der Waals surface area contributed by atoms with E-state index in [-0.39, 0.29) is 16.5 Å². The molecule has 0 aliphatic rings. The summed E-state index contributed by atoms with van der Waals surface area (Å²) in [4.78, 5) is 15.2. The van der Waals surface area contributed by atoms with Crippen LogP contribution >= 0.6 is 23.1 Å². The van der Waals surface area contributed by atoms with Gasteiger partial charge in [-0.3, -0.25) is 4.79 Å². The smallest absolute Gasteiger partial charge is 0.396 e. The number of nitrogens with zero attached hydrogens (tertiary/aromatic N) is 2. The van der Waals surface area contributed by atoms with Crippen molar-refractivity contribution in [3.63, 3.8) is 0 Å². The van der Waals surface area contributed by atoms with Gasteiger partial charge in [0.2, 0.25) is 0 Å². The van der Waals surface area contributed by atoms with Crippen LogP contribution in [-0.2, 0) is 0 Å². The number of hydrogen-bond donors (Lipinski definition) is 1. The number of thioether (sulfide) groups is 1. The molecule has 1 aromatic heterocycles. The Bertz CT molecular complexity index is 500. The zero-order valence-electron chi connectivity index (χ0n) is 11.5. The number of halogens is 3. The molecule has 0 saturated carbocycles. The van der Waals surface area contributed by atoms with Crippen LogP contribution in [0.3, 0.4) is 0 Å². The molecule has 0 unspecified atom stereocenters. The Morgan fingerprint density at radius 3 is 2.30 bits per heavy atom. The van der Waals surface area contributed by atoms with Crippen LogP contribution in [0.4, 0.5) is 23.9 Å². The van der Waals surface area contributed by atoms with Gasteiger partial charge in [-0.05, 0) is 6.26 Å². The van der Waals surface area contributed by atoms with E-state index in [0.29, 0.717) is 9.90 Å². The lowest BCUT2D eigenvalue weighted by atomic mass is 10.3. The van der Waals surface area contributed by atoms with E-state index in [0.717, 1.165) is 16.2 Å². The van der Waals surface area contributed by atoms with E-state index in [1.54, 1.807) is 20.4 Å². The second-order valence-electron chi connectivity index (χ2n) is 4.35. The predicted octanol–water partition coefficient (Wildman–Crippen LogP) is 2.75. The van der Waals surface area contributed by atoms with E-state index in [4.69, 9.17) is 5.73 Å². The molecule has 0 saturated heterocycles. The highest BCUT2D eigenvalue weighted by Crippen LogP contribution is 2.44. The second-order valence-corrected chi connectivity index (χ2v) is 6.17. The number of amides is 1. The first kappa shape index (κ1) is 17.0. The van der Waals surface area contributed by atoms with E-state index >= 15 is 0 Å². The summed E-state index contributed by atoms with van der Waals surface area (Å²) < 4.78 is 37.4. The largest absolute Gasteiger partial charge is 0.405 e. The first-order valence-electron chi connectivity index (χ1n) is 5.54. The van der Waals surface area contributed by atoms with Gasteiger partial charge in [-0.1, -0.05) is 0 Å². The lowest BCUT2D eigenvalue weighted by Gasteiger charge is -2.20. The van der Waals surface area contributed by atoms with Gasteiger partial charge in [0.05, 0.1) is 10.6 Å². The summed E-state index contributed by atoms with van der Waals surface area (Å²) in [7, 11) is 4.47. The van der Waals surface area contributed by atoms with Crippen molar-refractivity contribution in [1.29, 1.82) is 0 Å². The maximum atomic E-state index is 12.5. The maximum Gasteiger partial charge on any atom is 0.405 e. The van der Waals surface area contributed by atoms with Gasteiger partial charge < -0.3 is 15.5 Å². The van der Waals surface area contributed by atoms with Crippen molar-refractivity contribution >= 4 is 39.7 Å². The lowest BCUT2D eigenvalue weighted by molar-refractivity contribution is -0.119. The minimum absolute atomic E-state index is 0.241. The number of anilines is 2. The number of nitrogen functional groups attached to an aromatic ring is 1. The molecule has 0 aromatic carbocycles. The summed E-state index contributed by atoms with van der Waals surface area (Å²) in [5.41, 5.74) is 6.13. The fourth-order valence-corrected chi connectivity index (χ4v) is 3.76. The molecule has 1 rings (SSSR count). The summed E-state index contributed by atoms with van der Waals surface area (Å²) in [6.45, 7) is -1.09. The van der Waals surface area contributed by atoms with E-state index in [1.165, 1.54) is 23.7 Å². The molecule has 2 N–H and O–H groups in total. The SMILES string of the molecule is CSc1c(N(C)CC(F)(F)F)sc(C(=O)N(C)C)c1N. The molecular formula is C11H16F3N3OS2. The third-order valence-corrected chi connectivity index (χ3v) is 4.71. The zero-order chi connectivity index (χ0) is 15.7. The van der Waals surface area contributed by atoms with Gasteiger partial charge in [0.25, 0.3) is 5.91 Å². The summed E-state index contributed by atoms with van der Waals surface area (Å²) in [5, 5.41) is 0.359. The molecule has 9 heteroatoms. The zero-order valence-corrected chi connectivity index (χ0v) is 13.2. The van der Waals surface area contributed by atoms with Gasteiger partial charge in [0.1, 0.15) is 16.4 Å². The molecule has 0 spiro atoms. The standard InChI is InChI=1S/C11H16F3N3OS2/c1-16(2)9(18)7-6(15)8(19-4)10(20-7)17(3)5-11(12,13)14/h5,15H2,1-4H3. The fourth-order valence-electron chi connectivity index (χ4n) is 1.57. The third kappa shape index (κ3) is 3.72. The molecule has 20 heavy (non-hydrogen) atoms. The van der Waals surface area contributed by atoms with Crippen LogP contribution in [0.1, 0.15) is 9.67 Å². The van der Waals surface area contributed by atoms with Crippen LogP contribution in [0.15, 0.2) is 4.90 Å². The third-order valence-electron chi connectivity index (χ3n) is 2.45. The first-order chi connectivity index (χ1) is 9.08. The highest BCUT2D eigenvalue weighted by Gasteiger charge is 2.32. The number of alkyl halides is 3. The molecular weight excluding hydrogens is 311 g/mol. The van der Waals surface area contributed by atoms with E-state index in [9.17, 15) is 18.0 Å². The van der Waals surface area contributed by atoms with Crippen molar-refractivity contribution in [2.45, 2.75) is 11.1 Å². The number of carbonyl (C=O) groups excluding carboxylic acids is 1. The molecule has 0 fully saturated rings. The average molecular weight is 327 g/mol. The van der Waals surface area contributed by atoms with E-state index in [2.05, 4.69) is 0 Å². The maximum absolute atomic E-state index is 12.5. The van der Waals surface area contributed by atoms with Crippen LogP contribution < -0.4 is 10.6 Å². The van der Waals surface area contributed by atoms with Crippen molar-refractivity contribution in [1.82, 2.24) is 4.90 Å². The Kier molecular flexibility index (Phi) is 5.20. The van der Waals surface area contributed by atoms with Gasteiger partial charge in [0.15, 0.2) is 0 Å². The number of thiophene rings is 1. The number of hydrogen-bond acceptors (Lipinski definition) is 5. The lowest BCUT2D eigenvalue weighted by Crippen LogP contribution is -2.30. The molecule has 1 heterocycles. The minimum Gasteiger partial charge on any atom is -0.396 e. The molecule has 0 aliphatic heterocycles.